The smallest absolute Gasteiger partial charge is 0.410 e. The molecule has 2 rings (SSSR count). The molecule has 1 unspecified atom stereocenters. The van der Waals surface area contributed by atoms with Crippen LogP contribution in [0.2, 0.25) is 0 Å². The monoisotopic (exact) mass is 371 g/mol. The highest BCUT2D eigenvalue weighted by Gasteiger charge is 2.29. The minimum Gasteiger partial charge on any atom is -0.444 e. The van der Waals surface area contributed by atoms with E-state index in [0.717, 1.165) is 5.56 Å². The highest BCUT2D eigenvalue weighted by atomic mass is 32.2. The summed E-state index contributed by atoms with van der Waals surface area (Å²) < 4.78 is 40.3. The number of rotatable bonds is 4. The van der Waals surface area contributed by atoms with Gasteiger partial charge in [-0.15, -0.1) is 0 Å². The van der Waals surface area contributed by atoms with Crippen LogP contribution in [0.1, 0.15) is 26.3 Å². The summed E-state index contributed by atoms with van der Waals surface area (Å²) in [5, 5.41) is 0. The van der Waals surface area contributed by atoms with E-state index in [1.807, 2.05) is 6.92 Å². The molecule has 1 saturated heterocycles. The Hall–Kier alpha value is -1.64. The van der Waals surface area contributed by atoms with E-state index in [0.29, 0.717) is 13.2 Å². The number of aryl methyl sites for hydroxylation is 1. The molecule has 1 amide bonds. The fourth-order valence-electron chi connectivity index (χ4n) is 2.25. The van der Waals surface area contributed by atoms with Crippen molar-refractivity contribution in [3.8, 4) is 0 Å². The van der Waals surface area contributed by atoms with Gasteiger partial charge in [0.25, 0.3) is 10.1 Å². The standard InChI is InChI=1S/C17H25NO6S/c1-13-5-7-15(8-6-13)25(20,21)23-12-14-11-18(9-10-22-14)16(19)24-17(2,3)4/h5-8,14H,9-12H2,1-4H3. The molecule has 0 bridgehead atoms. The van der Waals surface area contributed by atoms with Gasteiger partial charge in [0.2, 0.25) is 0 Å². The molecule has 0 aliphatic carbocycles. The van der Waals surface area contributed by atoms with Crippen molar-refractivity contribution in [3.63, 3.8) is 0 Å². The molecule has 1 aliphatic heterocycles. The SMILES string of the molecule is Cc1ccc(S(=O)(=O)OCC2CN(C(=O)OC(C)(C)C)CCO2)cc1. The van der Waals surface area contributed by atoms with Crippen LogP contribution in [-0.2, 0) is 23.8 Å². The molecule has 0 spiro atoms. The van der Waals surface area contributed by atoms with E-state index in [9.17, 15) is 13.2 Å². The Morgan fingerprint density at radius 2 is 1.92 bits per heavy atom. The molecule has 0 saturated carbocycles. The average molecular weight is 371 g/mol. The molecule has 25 heavy (non-hydrogen) atoms. The second kappa shape index (κ2) is 7.72. The van der Waals surface area contributed by atoms with Gasteiger partial charge in [0.05, 0.1) is 24.7 Å². The van der Waals surface area contributed by atoms with E-state index >= 15 is 0 Å². The Balaban J connectivity index is 1.92. The number of nitrogens with zero attached hydrogens (tertiary/aromatic N) is 1. The van der Waals surface area contributed by atoms with Crippen LogP contribution in [0.25, 0.3) is 0 Å². The van der Waals surface area contributed by atoms with Gasteiger partial charge in [-0.2, -0.15) is 8.42 Å². The normalized spacial score (nSPS) is 18.9. The summed E-state index contributed by atoms with van der Waals surface area (Å²) in [5.74, 6) is 0. The molecule has 140 valence electrons. The molecule has 1 aromatic rings. The van der Waals surface area contributed by atoms with Crippen LogP contribution in [-0.4, -0.2) is 57.4 Å². The highest BCUT2D eigenvalue weighted by molar-refractivity contribution is 7.86. The van der Waals surface area contributed by atoms with E-state index in [1.54, 1.807) is 32.9 Å². The third-order valence-corrected chi connectivity index (χ3v) is 4.81. The number of benzene rings is 1. The van der Waals surface area contributed by atoms with Gasteiger partial charge in [0, 0.05) is 6.54 Å². The van der Waals surface area contributed by atoms with Crippen LogP contribution in [0.5, 0.6) is 0 Å². The zero-order valence-corrected chi connectivity index (χ0v) is 15.8. The van der Waals surface area contributed by atoms with Crippen molar-refractivity contribution in [2.45, 2.75) is 44.3 Å². The summed E-state index contributed by atoms with van der Waals surface area (Å²) in [5.41, 5.74) is 0.374. The summed E-state index contributed by atoms with van der Waals surface area (Å²) in [7, 11) is -3.86. The summed E-state index contributed by atoms with van der Waals surface area (Å²) in [6.07, 6.45) is -0.969. The molecule has 0 aromatic heterocycles. The lowest BCUT2D eigenvalue weighted by molar-refractivity contribution is -0.0549. The van der Waals surface area contributed by atoms with Crippen LogP contribution in [0.4, 0.5) is 4.79 Å². The van der Waals surface area contributed by atoms with Gasteiger partial charge in [-0.25, -0.2) is 4.79 Å². The van der Waals surface area contributed by atoms with Crippen molar-refractivity contribution in [2.75, 3.05) is 26.3 Å². The highest BCUT2D eigenvalue weighted by Crippen LogP contribution is 2.16. The quantitative estimate of drug-likeness (QED) is 0.756. The Kier molecular flexibility index (Phi) is 6.08. The van der Waals surface area contributed by atoms with Crippen molar-refractivity contribution < 1.29 is 26.9 Å². The number of carbonyl (C=O) groups excluding carboxylic acids is 1. The summed E-state index contributed by atoms with van der Waals surface area (Å²) in [6, 6.07) is 6.41. The van der Waals surface area contributed by atoms with E-state index in [2.05, 4.69) is 0 Å². The number of amides is 1. The maximum atomic E-state index is 12.2. The average Bonchev–Trinajstić information content (AvgIpc) is 2.52. The number of hydrogen-bond donors (Lipinski definition) is 0. The second-order valence-electron chi connectivity index (χ2n) is 6.97. The number of morpholine rings is 1. The first kappa shape index (κ1) is 19.7. The van der Waals surface area contributed by atoms with Gasteiger partial charge >= 0.3 is 6.09 Å². The fraction of sp³-hybridized carbons (Fsp3) is 0.588. The molecular formula is C17H25NO6S. The van der Waals surface area contributed by atoms with Crippen molar-refractivity contribution >= 4 is 16.2 Å². The first-order valence-electron chi connectivity index (χ1n) is 8.12. The van der Waals surface area contributed by atoms with Crippen LogP contribution in [0.15, 0.2) is 29.2 Å². The van der Waals surface area contributed by atoms with E-state index in [-0.39, 0.29) is 18.0 Å². The molecule has 1 aliphatic rings. The molecule has 0 N–H and O–H groups in total. The van der Waals surface area contributed by atoms with E-state index in [4.69, 9.17) is 13.7 Å². The fourth-order valence-corrected chi connectivity index (χ4v) is 3.19. The predicted molar refractivity (Wildman–Crippen MR) is 91.9 cm³/mol. The minimum absolute atomic E-state index is 0.0953. The first-order valence-corrected chi connectivity index (χ1v) is 9.53. The van der Waals surface area contributed by atoms with Gasteiger partial charge < -0.3 is 14.4 Å². The number of ether oxygens (including phenoxy) is 2. The molecule has 0 radical (unpaired) electrons. The van der Waals surface area contributed by atoms with Gasteiger partial charge in [-0.1, -0.05) is 17.7 Å². The van der Waals surface area contributed by atoms with Crippen LogP contribution < -0.4 is 0 Å². The topological polar surface area (TPSA) is 82.1 Å². The first-order chi connectivity index (χ1) is 11.6. The lowest BCUT2D eigenvalue weighted by Crippen LogP contribution is -2.48. The van der Waals surface area contributed by atoms with Crippen molar-refractivity contribution in [3.05, 3.63) is 29.8 Å². The molecule has 1 atom stereocenters. The summed E-state index contributed by atoms with van der Waals surface area (Å²) in [6.45, 7) is 8.01. The lowest BCUT2D eigenvalue weighted by atomic mass is 10.2. The largest absolute Gasteiger partial charge is 0.444 e. The Morgan fingerprint density at radius 3 is 2.52 bits per heavy atom. The van der Waals surface area contributed by atoms with Gasteiger partial charge in [0.15, 0.2) is 0 Å². The van der Waals surface area contributed by atoms with Crippen molar-refractivity contribution in [1.82, 2.24) is 4.90 Å². The zero-order valence-electron chi connectivity index (χ0n) is 15.0. The molecule has 1 heterocycles. The van der Waals surface area contributed by atoms with Crippen LogP contribution >= 0.6 is 0 Å². The van der Waals surface area contributed by atoms with Crippen LogP contribution in [0.3, 0.4) is 0 Å². The molecule has 1 fully saturated rings. The van der Waals surface area contributed by atoms with Gasteiger partial charge in [-0.3, -0.25) is 4.18 Å². The Bertz CT molecular complexity index is 693. The Morgan fingerprint density at radius 1 is 1.28 bits per heavy atom. The molecular weight excluding hydrogens is 346 g/mol. The molecule has 7 nitrogen and oxygen atoms in total. The maximum Gasteiger partial charge on any atom is 0.410 e. The maximum absolute atomic E-state index is 12.2. The van der Waals surface area contributed by atoms with E-state index < -0.39 is 27.9 Å². The van der Waals surface area contributed by atoms with Gasteiger partial charge in [-0.05, 0) is 39.8 Å². The second-order valence-corrected chi connectivity index (χ2v) is 8.59. The number of carbonyl (C=O) groups is 1. The van der Waals surface area contributed by atoms with Gasteiger partial charge in [0.1, 0.15) is 11.7 Å². The molecule has 8 heteroatoms. The zero-order chi connectivity index (χ0) is 18.7. The summed E-state index contributed by atoms with van der Waals surface area (Å²) in [4.78, 5) is 13.7. The lowest BCUT2D eigenvalue weighted by Gasteiger charge is -2.33. The minimum atomic E-state index is -3.86. The van der Waals surface area contributed by atoms with Crippen molar-refractivity contribution in [1.29, 1.82) is 0 Å². The Labute approximate surface area is 149 Å². The van der Waals surface area contributed by atoms with Crippen LogP contribution in [0, 0.1) is 6.92 Å². The molecule has 1 aromatic carbocycles. The van der Waals surface area contributed by atoms with E-state index in [1.165, 1.54) is 17.0 Å². The predicted octanol–water partition coefficient (Wildman–Crippen LogP) is 2.34. The third kappa shape index (κ3) is 5.98. The summed E-state index contributed by atoms with van der Waals surface area (Å²) >= 11 is 0. The van der Waals surface area contributed by atoms with Crippen molar-refractivity contribution in [2.24, 2.45) is 0 Å². The number of hydrogen-bond acceptors (Lipinski definition) is 6. The third-order valence-electron chi connectivity index (χ3n) is 3.51.